The molecule has 0 saturated heterocycles. The quantitative estimate of drug-likeness (QED) is 0.744. The third-order valence-corrected chi connectivity index (χ3v) is 3.39. The molecule has 0 fully saturated rings. The van der Waals surface area contributed by atoms with Gasteiger partial charge in [-0.1, -0.05) is 29.8 Å². The van der Waals surface area contributed by atoms with E-state index in [1.807, 2.05) is 43.3 Å². The number of benzene rings is 2. The van der Waals surface area contributed by atoms with E-state index in [0.717, 1.165) is 16.9 Å². The van der Waals surface area contributed by atoms with Crippen LogP contribution in [0.1, 0.15) is 11.1 Å². The van der Waals surface area contributed by atoms with Gasteiger partial charge in [0.25, 0.3) is 5.91 Å². The number of esters is 1. The summed E-state index contributed by atoms with van der Waals surface area (Å²) in [5, 5.41) is 2.67. The second kappa shape index (κ2) is 9.32. The topological polar surface area (TPSA) is 73.9 Å². The van der Waals surface area contributed by atoms with E-state index in [1.165, 1.54) is 0 Å². The first-order valence-electron chi connectivity index (χ1n) is 7.81. The second-order valence-corrected chi connectivity index (χ2v) is 5.39. The first-order valence-corrected chi connectivity index (χ1v) is 7.81. The summed E-state index contributed by atoms with van der Waals surface area (Å²) < 4.78 is 15.2. The molecule has 0 heterocycles. The monoisotopic (exact) mass is 343 g/mol. The Balaban J connectivity index is 1.64. The molecule has 2 aromatic carbocycles. The summed E-state index contributed by atoms with van der Waals surface area (Å²) >= 11 is 0. The van der Waals surface area contributed by atoms with Crippen molar-refractivity contribution in [1.29, 1.82) is 0 Å². The van der Waals surface area contributed by atoms with Gasteiger partial charge in [0.15, 0.2) is 13.2 Å². The lowest BCUT2D eigenvalue weighted by Crippen LogP contribution is -2.29. The maximum Gasteiger partial charge on any atom is 0.344 e. The van der Waals surface area contributed by atoms with Crippen molar-refractivity contribution in [1.82, 2.24) is 5.32 Å². The van der Waals surface area contributed by atoms with Gasteiger partial charge in [0, 0.05) is 6.54 Å². The number of rotatable bonds is 8. The molecule has 25 heavy (non-hydrogen) atoms. The van der Waals surface area contributed by atoms with E-state index in [2.05, 4.69) is 5.32 Å². The predicted molar refractivity (Wildman–Crippen MR) is 92.5 cm³/mol. The van der Waals surface area contributed by atoms with E-state index in [0.29, 0.717) is 12.3 Å². The van der Waals surface area contributed by atoms with Crippen LogP contribution in [0.15, 0.2) is 48.5 Å². The van der Waals surface area contributed by atoms with E-state index in [1.54, 1.807) is 19.2 Å². The Bertz CT molecular complexity index is 695. The minimum atomic E-state index is -0.597. The van der Waals surface area contributed by atoms with Gasteiger partial charge in [-0.25, -0.2) is 4.79 Å². The van der Waals surface area contributed by atoms with Crippen molar-refractivity contribution in [3.63, 3.8) is 0 Å². The molecule has 132 valence electrons. The maximum absolute atomic E-state index is 11.7. The van der Waals surface area contributed by atoms with E-state index in [9.17, 15) is 9.59 Å². The molecule has 0 unspecified atom stereocenters. The molecule has 2 rings (SSSR count). The van der Waals surface area contributed by atoms with Crippen LogP contribution >= 0.6 is 0 Å². The molecule has 0 aliphatic rings. The molecular formula is C19H21NO5. The van der Waals surface area contributed by atoms with Gasteiger partial charge in [0.1, 0.15) is 11.5 Å². The third-order valence-electron chi connectivity index (χ3n) is 3.39. The minimum absolute atomic E-state index is 0.241. The lowest BCUT2D eigenvalue weighted by molar-refractivity contribution is -0.150. The van der Waals surface area contributed by atoms with Crippen molar-refractivity contribution >= 4 is 11.9 Å². The summed E-state index contributed by atoms with van der Waals surface area (Å²) in [5.41, 5.74) is 2.02. The highest BCUT2D eigenvalue weighted by atomic mass is 16.6. The smallest absolute Gasteiger partial charge is 0.344 e. The van der Waals surface area contributed by atoms with Crippen molar-refractivity contribution in [3.05, 3.63) is 59.7 Å². The molecule has 1 N–H and O–H groups in total. The number of methoxy groups -OCH3 is 1. The molecule has 0 saturated carbocycles. The maximum atomic E-state index is 11.7. The fraction of sp³-hybridized carbons (Fsp3) is 0.263. The molecule has 0 aliphatic heterocycles. The summed E-state index contributed by atoms with van der Waals surface area (Å²) in [6.07, 6.45) is 0. The van der Waals surface area contributed by atoms with Crippen LogP contribution in [-0.2, 0) is 20.9 Å². The van der Waals surface area contributed by atoms with Gasteiger partial charge in [-0.05, 0) is 36.8 Å². The number of aryl methyl sites for hydroxylation is 1. The van der Waals surface area contributed by atoms with Gasteiger partial charge in [-0.15, -0.1) is 0 Å². The van der Waals surface area contributed by atoms with Crippen LogP contribution in [0, 0.1) is 6.92 Å². The Morgan fingerprint density at radius 1 is 0.920 bits per heavy atom. The standard InChI is InChI=1S/C19H21NO5/c1-14-3-7-17(8-4-14)24-13-19(22)25-12-18(21)20-11-15-5-9-16(23-2)10-6-15/h3-10H,11-13H2,1-2H3,(H,20,21). The van der Waals surface area contributed by atoms with Crippen molar-refractivity contribution in [2.24, 2.45) is 0 Å². The SMILES string of the molecule is COc1ccc(CNC(=O)COC(=O)COc2ccc(C)cc2)cc1. The number of ether oxygens (including phenoxy) is 3. The van der Waals surface area contributed by atoms with E-state index in [-0.39, 0.29) is 19.1 Å². The Labute approximate surface area is 146 Å². The van der Waals surface area contributed by atoms with Crippen LogP contribution in [0.4, 0.5) is 0 Å². The van der Waals surface area contributed by atoms with Gasteiger partial charge in [-0.2, -0.15) is 0 Å². The van der Waals surface area contributed by atoms with Gasteiger partial charge in [0.2, 0.25) is 0 Å². The van der Waals surface area contributed by atoms with Crippen LogP contribution in [0.5, 0.6) is 11.5 Å². The van der Waals surface area contributed by atoms with Crippen molar-refractivity contribution in [2.45, 2.75) is 13.5 Å². The van der Waals surface area contributed by atoms with E-state index in [4.69, 9.17) is 14.2 Å². The van der Waals surface area contributed by atoms with Crippen LogP contribution in [0.2, 0.25) is 0 Å². The fourth-order valence-electron chi connectivity index (χ4n) is 1.96. The predicted octanol–water partition coefficient (Wildman–Crippen LogP) is 2.24. The van der Waals surface area contributed by atoms with E-state index < -0.39 is 5.97 Å². The zero-order valence-electron chi connectivity index (χ0n) is 14.3. The molecule has 1 amide bonds. The molecule has 2 aromatic rings. The van der Waals surface area contributed by atoms with Crippen LogP contribution in [0.3, 0.4) is 0 Å². The molecule has 0 bridgehead atoms. The molecule has 6 heteroatoms. The highest BCUT2D eigenvalue weighted by Gasteiger charge is 2.08. The van der Waals surface area contributed by atoms with Crippen molar-refractivity contribution in [3.8, 4) is 11.5 Å². The zero-order valence-corrected chi connectivity index (χ0v) is 14.3. The number of amides is 1. The first-order chi connectivity index (χ1) is 12.1. The number of carbonyl (C=O) groups is 2. The number of nitrogens with one attached hydrogen (secondary N) is 1. The number of hydrogen-bond donors (Lipinski definition) is 1. The average Bonchev–Trinajstić information content (AvgIpc) is 2.64. The van der Waals surface area contributed by atoms with Crippen molar-refractivity contribution < 1.29 is 23.8 Å². The van der Waals surface area contributed by atoms with Gasteiger partial charge >= 0.3 is 5.97 Å². The Morgan fingerprint density at radius 2 is 1.56 bits per heavy atom. The number of hydrogen-bond acceptors (Lipinski definition) is 5. The zero-order chi connectivity index (χ0) is 18.1. The summed E-state index contributed by atoms with van der Waals surface area (Å²) in [7, 11) is 1.59. The summed E-state index contributed by atoms with van der Waals surface area (Å²) in [6.45, 7) is 1.73. The first kappa shape index (κ1) is 18.3. The van der Waals surface area contributed by atoms with Gasteiger partial charge in [-0.3, -0.25) is 4.79 Å². The Kier molecular flexibility index (Phi) is 6.83. The van der Waals surface area contributed by atoms with Crippen LogP contribution in [-0.4, -0.2) is 32.2 Å². The van der Waals surface area contributed by atoms with E-state index >= 15 is 0 Å². The average molecular weight is 343 g/mol. The highest BCUT2D eigenvalue weighted by Crippen LogP contribution is 2.11. The summed E-state index contributed by atoms with van der Waals surface area (Å²) in [4.78, 5) is 23.3. The van der Waals surface area contributed by atoms with Crippen LogP contribution in [0.25, 0.3) is 0 Å². The van der Waals surface area contributed by atoms with Crippen molar-refractivity contribution in [2.75, 3.05) is 20.3 Å². The molecule has 6 nitrogen and oxygen atoms in total. The summed E-state index contributed by atoms with van der Waals surface area (Å²) in [6, 6.07) is 14.6. The molecule has 0 atom stereocenters. The molecule has 0 radical (unpaired) electrons. The largest absolute Gasteiger partial charge is 0.497 e. The Hall–Kier alpha value is -3.02. The second-order valence-electron chi connectivity index (χ2n) is 5.39. The molecular weight excluding hydrogens is 322 g/mol. The van der Waals surface area contributed by atoms with Crippen LogP contribution < -0.4 is 14.8 Å². The van der Waals surface area contributed by atoms with Gasteiger partial charge in [0.05, 0.1) is 7.11 Å². The minimum Gasteiger partial charge on any atom is -0.497 e. The summed E-state index contributed by atoms with van der Waals surface area (Å²) in [5.74, 6) is 0.351. The molecule has 0 aromatic heterocycles. The lowest BCUT2D eigenvalue weighted by Gasteiger charge is -2.08. The lowest BCUT2D eigenvalue weighted by atomic mass is 10.2. The number of carbonyl (C=O) groups excluding carboxylic acids is 2. The van der Waals surface area contributed by atoms with Gasteiger partial charge < -0.3 is 19.5 Å². The molecule has 0 spiro atoms. The highest BCUT2D eigenvalue weighted by molar-refractivity contribution is 5.80. The normalized spacial score (nSPS) is 10.0. The molecule has 0 aliphatic carbocycles. The Morgan fingerprint density at radius 3 is 2.20 bits per heavy atom. The third kappa shape index (κ3) is 6.55. The fourth-order valence-corrected chi connectivity index (χ4v) is 1.96.